The van der Waals surface area contributed by atoms with Crippen LogP contribution in [0.2, 0.25) is 0 Å². The molecule has 0 aliphatic carbocycles. The first-order valence-electron chi connectivity index (χ1n) is 9.21. The Balaban J connectivity index is 1.73. The maximum absolute atomic E-state index is 12.9. The maximum Gasteiger partial charge on any atom is 0.255 e. The Morgan fingerprint density at radius 2 is 1.56 bits per heavy atom. The van der Waals surface area contributed by atoms with Crippen molar-refractivity contribution in [1.29, 1.82) is 0 Å². The molecule has 2 aromatic rings. The molecule has 0 fully saturated rings. The molecular weight excluding hydrogens is 345 g/mol. The zero-order valence-electron chi connectivity index (χ0n) is 15.3. The summed E-state index contributed by atoms with van der Waals surface area (Å²) in [5.74, 6) is -0.643. The van der Waals surface area contributed by atoms with Gasteiger partial charge in [0.05, 0.1) is 0 Å². The van der Waals surface area contributed by atoms with E-state index >= 15 is 0 Å². The van der Waals surface area contributed by atoms with Crippen molar-refractivity contribution in [2.24, 2.45) is 5.73 Å². The Bertz CT molecular complexity index is 730. The summed E-state index contributed by atoms with van der Waals surface area (Å²) in [6.45, 7) is 1.15. The lowest BCUT2D eigenvalue weighted by molar-refractivity contribution is -0.121. The zero-order valence-corrected chi connectivity index (χ0v) is 15.3. The molecule has 27 heavy (non-hydrogen) atoms. The van der Waals surface area contributed by atoms with Crippen molar-refractivity contribution in [1.82, 2.24) is 5.32 Å². The number of carbonyl (C=O) groups excluding carboxylic acids is 2. The van der Waals surface area contributed by atoms with Crippen molar-refractivity contribution in [2.45, 2.75) is 38.6 Å². The van der Waals surface area contributed by atoms with Crippen molar-refractivity contribution in [2.75, 3.05) is 11.9 Å². The number of rotatable bonds is 10. The first-order valence-corrected chi connectivity index (χ1v) is 9.21. The van der Waals surface area contributed by atoms with Crippen LogP contribution in [0, 0.1) is 5.82 Å². The summed E-state index contributed by atoms with van der Waals surface area (Å²) in [6, 6.07) is 12.6. The van der Waals surface area contributed by atoms with Gasteiger partial charge >= 0.3 is 0 Å². The van der Waals surface area contributed by atoms with Crippen LogP contribution < -0.4 is 16.4 Å². The lowest BCUT2D eigenvalue weighted by atomic mass is 10.1. The number of halogens is 1. The molecule has 0 aromatic heterocycles. The monoisotopic (exact) mass is 371 g/mol. The fraction of sp³-hybridized carbons (Fsp3) is 0.333. The summed E-state index contributed by atoms with van der Waals surface area (Å²) < 4.78 is 12.9. The minimum absolute atomic E-state index is 0.0384. The van der Waals surface area contributed by atoms with Crippen molar-refractivity contribution in [3.05, 3.63) is 65.5 Å². The standard InChI is InChI=1S/C21H26FN3O2/c22-18-10-8-17(9-11-18)21(27)25-19-12-6-16(7-13-19)15-24-20(26)5-3-1-2-4-14-23/h6-13H,1-5,14-15,23H2,(H,24,26)(H,25,27). The third-order valence-corrected chi connectivity index (χ3v) is 4.17. The second-order valence-corrected chi connectivity index (χ2v) is 6.39. The van der Waals surface area contributed by atoms with Crippen LogP contribution >= 0.6 is 0 Å². The van der Waals surface area contributed by atoms with E-state index in [9.17, 15) is 14.0 Å². The summed E-state index contributed by atoms with van der Waals surface area (Å²) in [7, 11) is 0. The third-order valence-electron chi connectivity index (χ3n) is 4.17. The Morgan fingerprint density at radius 3 is 2.22 bits per heavy atom. The van der Waals surface area contributed by atoms with E-state index in [1.54, 1.807) is 12.1 Å². The molecule has 0 radical (unpaired) electrons. The number of amides is 2. The summed E-state index contributed by atoms with van der Waals surface area (Å²) in [6.07, 6.45) is 4.49. The van der Waals surface area contributed by atoms with Crippen LogP contribution in [-0.2, 0) is 11.3 Å². The van der Waals surface area contributed by atoms with Gasteiger partial charge in [0.1, 0.15) is 5.82 Å². The van der Waals surface area contributed by atoms with Gasteiger partial charge in [-0.2, -0.15) is 0 Å². The van der Waals surface area contributed by atoms with Crippen molar-refractivity contribution < 1.29 is 14.0 Å². The molecule has 0 heterocycles. The van der Waals surface area contributed by atoms with Gasteiger partial charge in [0.25, 0.3) is 5.91 Å². The van der Waals surface area contributed by atoms with Gasteiger partial charge < -0.3 is 16.4 Å². The topological polar surface area (TPSA) is 84.2 Å². The molecule has 0 spiro atoms. The highest BCUT2D eigenvalue weighted by molar-refractivity contribution is 6.04. The minimum Gasteiger partial charge on any atom is -0.352 e. The summed E-state index contributed by atoms with van der Waals surface area (Å²) in [4.78, 5) is 23.9. The van der Waals surface area contributed by atoms with Crippen LogP contribution in [0.1, 0.15) is 48.0 Å². The minimum atomic E-state index is -0.381. The van der Waals surface area contributed by atoms with Crippen molar-refractivity contribution in [3.8, 4) is 0 Å². The van der Waals surface area contributed by atoms with Gasteiger partial charge in [-0.3, -0.25) is 9.59 Å². The molecule has 0 saturated carbocycles. The van der Waals surface area contributed by atoms with Gasteiger partial charge in [-0.1, -0.05) is 25.0 Å². The van der Waals surface area contributed by atoms with Crippen molar-refractivity contribution >= 4 is 17.5 Å². The molecule has 2 rings (SSSR count). The Hall–Kier alpha value is -2.73. The van der Waals surface area contributed by atoms with Gasteiger partial charge in [-0.05, 0) is 61.3 Å². The number of nitrogens with two attached hydrogens (primary N) is 1. The average molecular weight is 371 g/mol. The van der Waals surface area contributed by atoms with E-state index in [4.69, 9.17) is 5.73 Å². The van der Waals surface area contributed by atoms with Crippen LogP contribution in [0.3, 0.4) is 0 Å². The highest BCUT2D eigenvalue weighted by atomic mass is 19.1. The lowest BCUT2D eigenvalue weighted by Crippen LogP contribution is -2.22. The predicted molar refractivity (Wildman–Crippen MR) is 105 cm³/mol. The van der Waals surface area contributed by atoms with E-state index < -0.39 is 0 Å². The van der Waals surface area contributed by atoms with Crippen LogP contribution in [0.5, 0.6) is 0 Å². The van der Waals surface area contributed by atoms with Gasteiger partial charge in [0, 0.05) is 24.2 Å². The molecule has 0 atom stereocenters. The second kappa shape index (κ2) is 11.1. The molecule has 6 heteroatoms. The van der Waals surface area contributed by atoms with Gasteiger partial charge in [0.15, 0.2) is 0 Å². The Kier molecular flexibility index (Phi) is 8.45. The van der Waals surface area contributed by atoms with Crippen LogP contribution in [0.15, 0.2) is 48.5 Å². The summed E-state index contributed by atoms with van der Waals surface area (Å²) >= 11 is 0. The van der Waals surface area contributed by atoms with Crippen LogP contribution in [0.4, 0.5) is 10.1 Å². The number of unbranched alkanes of at least 4 members (excludes halogenated alkanes) is 3. The smallest absolute Gasteiger partial charge is 0.255 e. The normalized spacial score (nSPS) is 10.4. The van der Waals surface area contributed by atoms with Crippen LogP contribution in [0.25, 0.3) is 0 Å². The quantitative estimate of drug-likeness (QED) is 0.558. The predicted octanol–water partition coefficient (Wildman–Crippen LogP) is 3.60. The molecule has 5 nitrogen and oxygen atoms in total. The van der Waals surface area contributed by atoms with Gasteiger partial charge in [-0.15, -0.1) is 0 Å². The highest BCUT2D eigenvalue weighted by Crippen LogP contribution is 2.12. The number of nitrogens with one attached hydrogen (secondary N) is 2. The average Bonchev–Trinajstić information content (AvgIpc) is 2.68. The first kappa shape index (κ1) is 20.6. The van der Waals surface area contributed by atoms with E-state index in [-0.39, 0.29) is 17.6 Å². The molecular formula is C21H26FN3O2. The number of hydrogen-bond acceptors (Lipinski definition) is 3. The maximum atomic E-state index is 12.9. The fourth-order valence-electron chi connectivity index (χ4n) is 2.58. The van der Waals surface area contributed by atoms with Gasteiger partial charge in [-0.25, -0.2) is 4.39 Å². The van der Waals surface area contributed by atoms with E-state index in [1.807, 2.05) is 12.1 Å². The largest absolute Gasteiger partial charge is 0.352 e. The Labute approximate surface area is 159 Å². The SMILES string of the molecule is NCCCCCCC(=O)NCc1ccc(NC(=O)c2ccc(F)cc2)cc1. The van der Waals surface area contributed by atoms with E-state index in [0.717, 1.165) is 31.2 Å². The first-order chi connectivity index (χ1) is 13.1. The molecule has 2 aromatic carbocycles. The fourth-order valence-corrected chi connectivity index (χ4v) is 2.58. The van der Waals surface area contributed by atoms with Gasteiger partial charge in [0.2, 0.25) is 5.91 Å². The summed E-state index contributed by atoms with van der Waals surface area (Å²) in [5, 5.41) is 5.65. The molecule has 0 aliphatic rings. The zero-order chi connectivity index (χ0) is 19.5. The van der Waals surface area contributed by atoms with E-state index in [0.29, 0.717) is 30.8 Å². The third kappa shape index (κ3) is 7.58. The second-order valence-electron chi connectivity index (χ2n) is 6.39. The molecule has 0 aliphatic heterocycles. The highest BCUT2D eigenvalue weighted by Gasteiger charge is 2.06. The molecule has 0 bridgehead atoms. The molecule has 2 amide bonds. The summed E-state index contributed by atoms with van der Waals surface area (Å²) in [5.41, 5.74) is 7.42. The number of carbonyl (C=O) groups is 2. The Morgan fingerprint density at radius 1 is 0.889 bits per heavy atom. The number of anilines is 1. The van der Waals surface area contributed by atoms with Crippen molar-refractivity contribution in [3.63, 3.8) is 0 Å². The molecule has 0 saturated heterocycles. The van der Waals surface area contributed by atoms with E-state index in [1.165, 1.54) is 24.3 Å². The van der Waals surface area contributed by atoms with E-state index in [2.05, 4.69) is 10.6 Å². The molecule has 4 N–H and O–H groups in total. The number of hydrogen-bond donors (Lipinski definition) is 3. The number of benzene rings is 2. The van der Waals surface area contributed by atoms with Crippen LogP contribution in [-0.4, -0.2) is 18.4 Å². The molecule has 0 unspecified atom stereocenters. The lowest BCUT2D eigenvalue weighted by Gasteiger charge is -2.08. The molecule has 144 valence electrons.